The molecule has 1 rings (SSSR count). The van der Waals surface area contributed by atoms with Crippen molar-refractivity contribution in [2.45, 2.75) is 39.2 Å². The molecule has 2 unspecified atom stereocenters. The summed E-state index contributed by atoms with van der Waals surface area (Å²) in [7, 11) is 0. The number of nitrogens with two attached hydrogens (primary N) is 1. The van der Waals surface area contributed by atoms with Crippen LogP contribution in [0.25, 0.3) is 0 Å². The van der Waals surface area contributed by atoms with Crippen LogP contribution in [0.15, 0.2) is 30.3 Å². The predicted octanol–water partition coefficient (Wildman–Crippen LogP) is 2.08. The largest absolute Gasteiger partial charge is 0.481 e. The maximum absolute atomic E-state index is 12.4. The first kappa shape index (κ1) is 17.2. The van der Waals surface area contributed by atoms with E-state index in [2.05, 4.69) is 5.32 Å². The minimum atomic E-state index is -0.873. The Bertz CT molecular complexity index is 470. The Labute approximate surface area is 125 Å². The first-order valence-corrected chi connectivity index (χ1v) is 7.20. The first-order valence-electron chi connectivity index (χ1n) is 7.20. The Hall–Kier alpha value is -1.88. The molecule has 0 aliphatic carbocycles. The van der Waals surface area contributed by atoms with Crippen LogP contribution in [0, 0.1) is 5.41 Å². The number of rotatable bonds is 8. The van der Waals surface area contributed by atoms with Gasteiger partial charge in [0.2, 0.25) is 5.91 Å². The molecule has 0 aromatic heterocycles. The molecule has 4 N–H and O–H groups in total. The van der Waals surface area contributed by atoms with Gasteiger partial charge in [0.25, 0.3) is 0 Å². The molecule has 5 heteroatoms. The number of hydrogen-bond acceptors (Lipinski definition) is 3. The summed E-state index contributed by atoms with van der Waals surface area (Å²) in [4.78, 5) is 23.2. The molecule has 1 aromatic rings. The van der Waals surface area contributed by atoms with E-state index in [-0.39, 0.29) is 24.9 Å². The van der Waals surface area contributed by atoms with Crippen molar-refractivity contribution >= 4 is 11.9 Å². The van der Waals surface area contributed by atoms with Crippen molar-refractivity contribution in [2.24, 2.45) is 11.1 Å². The summed E-state index contributed by atoms with van der Waals surface area (Å²) >= 11 is 0. The highest BCUT2D eigenvalue weighted by Gasteiger charge is 2.31. The molecule has 0 aliphatic rings. The van der Waals surface area contributed by atoms with Gasteiger partial charge in [0.05, 0.1) is 11.5 Å². The number of carboxylic acids is 1. The summed E-state index contributed by atoms with van der Waals surface area (Å²) in [5.41, 5.74) is 5.98. The van der Waals surface area contributed by atoms with E-state index in [1.165, 1.54) is 0 Å². The molecule has 116 valence electrons. The molecule has 0 heterocycles. The maximum Gasteiger partial charge on any atom is 0.303 e. The molecule has 0 spiro atoms. The molecule has 2 atom stereocenters. The quantitative estimate of drug-likeness (QED) is 0.684. The van der Waals surface area contributed by atoms with Gasteiger partial charge in [-0.05, 0) is 25.3 Å². The zero-order valence-electron chi connectivity index (χ0n) is 12.6. The fraction of sp³-hybridized carbons (Fsp3) is 0.500. The van der Waals surface area contributed by atoms with E-state index < -0.39 is 11.4 Å². The highest BCUT2D eigenvalue weighted by Crippen LogP contribution is 2.24. The van der Waals surface area contributed by atoms with E-state index in [4.69, 9.17) is 10.8 Å². The summed E-state index contributed by atoms with van der Waals surface area (Å²) in [6.45, 7) is 4.00. The van der Waals surface area contributed by atoms with E-state index in [1.54, 1.807) is 0 Å². The third-order valence-corrected chi connectivity index (χ3v) is 3.93. The van der Waals surface area contributed by atoms with Gasteiger partial charge in [-0.1, -0.05) is 37.3 Å². The predicted molar refractivity (Wildman–Crippen MR) is 81.6 cm³/mol. The number of benzene rings is 1. The monoisotopic (exact) mass is 292 g/mol. The first-order chi connectivity index (χ1) is 9.92. The second-order valence-electron chi connectivity index (χ2n) is 5.49. The molecule has 1 aromatic carbocycles. The van der Waals surface area contributed by atoms with E-state index >= 15 is 0 Å². The van der Waals surface area contributed by atoms with Gasteiger partial charge in [0.1, 0.15) is 0 Å². The van der Waals surface area contributed by atoms with E-state index in [9.17, 15) is 9.59 Å². The van der Waals surface area contributed by atoms with Crippen molar-refractivity contribution < 1.29 is 14.7 Å². The molecule has 0 saturated carbocycles. The standard InChI is InChI=1S/C16H24N2O3/c1-3-16(2,11-17)15(21)18-13(9-10-14(19)20)12-7-5-4-6-8-12/h4-8,13H,3,9-11,17H2,1-2H3,(H,18,21)(H,19,20). The van der Waals surface area contributed by atoms with Crippen LogP contribution in [0.2, 0.25) is 0 Å². The Kier molecular flexibility index (Phi) is 6.37. The second-order valence-corrected chi connectivity index (χ2v) is 5.49. The van der Waals surface area contributed by atoms with E-state index in [0.29, 0.717) is 12.8 Å². The maximum atomic E-state index is 12.4. The summed E-state index contributed by atoms with van der Waals surface area (Å²) in [6, 6.07) is 9.09. The Balaban J connectivity index is 2.87. The summed E-state index contributed by atoms with van der Waals surface area (Å²) in [5, 5.41) is 11.8. The number of carboxylic acid groups (broad SMARTS) is 1. The summed E-state index contributed by atoms with van der Waals surface area (Å²) in [5.74, 6) is -1.01. The van der Waals surface area contributed by atoms with E-state index in [1.807, 2.05) is 44.2 Å². The third-order valence-electron chi connectivity index (χ3n) is 3.93. The lowest BCUT2D eigenvalue weighted by molar-refractivity contribution is -0.138. The molecule has 0 fully saturated rings. The molecule has 5 nitrogen and oxygen atoms in total. The van der Waals surface area contributed by atoms with Crippen molar-refractivity contribution in [1.29, 1.82) is 0 Å². The van der Waals surface area contributed by atoms with Crippen LogP contribution >= 0.6 is 0 Å². The molecule has 0 bridgehead atoms. The van der Waals surface area contributed by atoms with Crippen LogP contribution in [0.1, 0.15) is 44.7 Å². The average molecular weight is 292 g/mol. The number of amides is 1. The second kappa shape index (κ2) is 7.78. The number of aliphatic carboxylic acids is 1. The summed E-state index contributed by atoms with van der Waals surface area (Å²) in [6.07, 6.45) is 0.997. The minimum absolute atomic E-state index is 0.00526. The van der Waals surface area contributed by atoms with Gasteiger partial charge in [-0.3, -0.25) is 9.59 Å². The van der Waals surface area contributed by atoms with Crippen LogP contribution in [-0.2, 0) is 9.59 Å². The molecular formula is C16H24N2O3. The van der Waals surface area contributed by atoms with Gasteiger partial charge in [-0.2, -0.15) is 0 Å². The van der Waals surface area contributed by atoms with Crippen LogP contribution in [0.5, 0.6) is 0 Å². The topological polar surface area (TPSA) is 92.4 Å². The Morgan fingerprint density at radius 1 is 1.33 bits per heavy atom. The van der Waals surface area contributed by atoms with Gasteiger partial charge in [-0.25, -0.2) is 0 Å². The van der Waals surface area contributed by atoms with E-state index in [0.717, 1.165) is 5.56 Å². The van der Waals surface area contributed by atoms with Crippen molar-refractivity contribution in [3.8, 4) is 0 Å². The van der Waals surface area contributed by atoms with Crippen LogP contribution in [-0.4, -0.2) is 23.5 Å². The number of carbonyl (C=O) groups excluding carboxylic acids is 1. The normalized spacial score (nSPS) is 15.0. The van der Waals surface area contributed by atoms with Crippen molar-refractivity contribution in [2.75, 3.05) is 6.54 Å². The number of nitrogens with one attached hydrogen (secondary N) is 1. The highest BCUT2D eigenvalue weighted by atomic mass is 16.4. The van der Waals surface area contributed by atoms with Crippen molar-refractivity contribution in [3.63, 3.8) is 0 Å². The molecule has 0 radical (unpaired) electrons. The highest BCUT2D eigenvalue weighted by molar-refractivity contribution is 5.83. The lowest BCUT2D eigenvalue weighted by Crippen LogP contribution is -2.44. The molecular weight excluding hydrogens is 268 g/mol. The van der Waals surface area contributed by atoms with Gasteiger partial charge in [-0.15, -0.1) is 0 Å². The molecule has 1 amide bonds. The fourth-order valence-electron chi connectivity index (χ4n) is 2.01. The smallest absolute Gasteiger partial charge is 0.303 e. The average Bonchev–Trinajstić information content (AvgIpc) is 2.50. The van der Waals surface area contributed by atoms with Crippen LogP contribution < -0.4 is 11.1 Å². The SMILES string of the molecule is CCC(C)(CN)C(=O)NC(CCC(=O)O)c1ccccc1. The van der Waals surface area contributed by atoms with Gasteiger partial charge in [0.15, 0.2) is 0 Å². The van der Waals surface area contributed by atoms with Crippen LogP contribution in [0.3, 0.4) is 0 Å². The lowest BCUT2D eigenvalue weighted by Gasteiger charge is -2.28. The van der Waals surface area contributed by atoms with Crippen LogP contribution in [0.4, 0.5) is 0 Å². The molecule has 0 saturated heterocycles. The lowest BCUT2D eigenvalue weighted by atomic mass is 9.86. The molecule has 0 aliphatic heterocycles. The zero-order chi connectivity index (χ0) is 15.9. The number of carbonyl (C=O) groups is 2. The summed E-state index contributed by atoms with van der Waals surface area (Å²) < 4.78 is 0. The number of hydrogen-bond donors (Lipinski definition) is 3. The van der Waals surface area contributed by atoms with Crippen molar-refractivity contribution in [1.82, 2.24) is 5.32 Å². The third kappa shape index (κ3) is 4.86. The Morgan fingerprint density at radius 2 is 1.95 bits per heavy atom. The fourth-order valence-corrected chi connectivity index (χ4v) is 2.01. The zero-order valence-corrected chi connectivity index (χ0v) is 12.6. The minimum Gasteiger partial charge on any atom is -0.481 e. The molecule has 21 heavy (non-hydrogen) atoms. The van der Waals surface area contributed by atoms with Gasteiger partial charge in [0, 0.05) is 13.0 Å². The van der Waals surface area contributed by atoms with Crippen molar-refractivity contribution in [3.05, 3.63) is 35.9 Å². The Morgan fingerprint density at radius 3 is 2.43 bits per heavy atom. The van der Waals surface area contributed by atoms with Gasteiger partial charge < -0.3 is 16.2 Å². The van der Waals surface area contributed by atoms with Gasteiger partial charge >= 0.3 is 5.97 Å².